The lowest BCUT2D eigenvalue weighted by molar-refractivity contribution is -0.142. The molecule has 0 aromatic carbocycles. The standard InChI is InChI=1S/C15H25NO3/c1-18-13(19-2)8-16-15(17)14-11-4-9-3-10(6-11)7-12(14)5-9/h9-14H,3-8H2,1-2H3,(H,16,17). The van der Waals surface area contributed by atoms with Gasteiger partial charge in [0, 0.05) is 20.1 Å². The summed E-state index contributed by atoms with van der Waals surface area (Å²) in [7, 11) is 3.20. The molecule has 0 aromatic heterocycles. The molecule has 19 heavy (non-hydrogen) atoms. The highest BCUT2D eigenvalue weighted by Crippen LogP contribution is 2.56. The molecule has 1 N–H and O–H groups in total. The Labute approximate surface area is 115 Å². The molecule has 4 saturated carbocycles. The second-order valence-electron chi connectivity index (χ2n) is 6.60. The summed E-state index contributed by atoms with van der Waals surface area (Å²) in [6.45, 7) is 0.453. The number of hydrogen-bond acceptors (Lipinski definition) is 3. The number of amides is 1. The Kier molecular flexibility index (Phi) is 3.81. The van der Waals surface area contributed by atoms with Crippen molar-refractivity contribution in [1.29, 1.82) is 0 Å². The molecule has 4 aliphatic rings. The predicted octanol–water partition coefficient (Wildman–Crippen LogP) is 1.79. The van der Waals surface area contributed by atoms with E-state index in [9.17, 15) is 4.79 Å². The van der Waals surface area contributed by atoms with Crippen LogP contribution in [-0.2, 0) is 14.3 Å². The zero-order chi connectivity index (χ0) is 13.4. The van der Waals surface area contributed by atoms with E-state index in [1.807, 2.05) is 0 Å². The van der Waals surface area contributed by atoms with Crippen LogP contribution in [0.4, 0.5) is 0 Å². The van der Waals surface area contributed by atoms with E-state index >= 15 is 0 Å². The molecule has 4 nitrogen and oxygen atoms in total. The van der Waals surface area contributed by atoms with Crippen molar-refractivity contribution in [3.05, 3.63) is 0 Å². The molecule has 0 atom stereocenters. The monoisotopic (exact) mass is 267 g/mol. The molecule has 4 bridgehead atoms. The van der Waals surface area contributed by atoms with Crippen LogP contribution in [0.2, 0.25) is 0 Å². The van der Waals surface area contributed by atoms with Crippen molar-refractivity contribution in [3.8, 4) is 0 Å². The van der Waals surface area contributed by atoms with E-state index in [1.54, 1.807) is 14.2 Å². The molecular formula is C15H25NO3. The van der Waals surface area contributed by atoms with Crippen LogP contribution in [0.3, 0.4) is 0 Å². The van der Waals surface area contributed by atoms with Crippen molar-refractivity contribution in [1.82, 2.24) is 5.32 Å². The molecule has 0 aliphatic heterocycles. The molecule has 4 heteroatoms. The number of methoxy groups -OCH3 is 2. The van der Waals surface area contributed by atoms with Crippen LogP contribution in [0.5, 0.6) is 0 Å². The summed E-state index contributed by atoms with van der Waals surface area (Å²) >= 11 is 0. The van der Waals surface area contributed by atoms with Crippen molar-refractivity contribution in [2.75, 3.05) is 20.8 Å². The van der Waals surface area contributed by atoms with Gasteiger partial charge in [-0.05, 0) is 55.8 Å². The molecule has 0 saturated heterocycles. The Bertz CT molecular complexity index is 312. The van der Waals surface area contributed by atoms with Crippen LogP contribution < -0.4 is 5.32 Å². The lowest BCUT2D eigenvalue weighted by atomic mass is 9.51. The molecule has 0 heterocycles. The summed E-state index contributed by atoms with van der Waals surface area (Å²) in [5, 5.41) is 3.02. The maximum atomic E-state index is 12.4. The van der Waals surface area contributed by atoms with Gasteiger partial charge in [0.2, 0.25) is 5.91 Å². The first-order chi connectivity index (χ1) is 9.21. The molecule has 1 amide bonds. The summed E-state index contributed by atoms with van der Waals surface area (Å²) in [6.07, 6.45) is 6.22. The Morgan fingerprint density at radius 3 is 2.05 bits per heavy atom. The lowest BCUT2D eigenvalue weighted by Gasteiger charge is -2.53. The summed E-state index contributed by atoms with van der Waals surface area (Å²) < 4.78 is 10.2. The van der Waals surface area contributed by atoms with Crippen LogP contribution in [-0.4, -0.2) is 33.0 Å². The van der Waals surface area contributed by atoms with E-state index in [4.69, 9.17) is 9.47 Å². The summed E-state index contributed by atoms with van der Waals surface area (Å²) in [5.41, 5.74) is 0. The minimum atomic E-state index is -0.333. The first-order valence-corrected chi connectivity index (χ1v) is 7.54. The Hall–Kier alpha value is -0.610. The van der Waals surface area contributed by atoms with Crippen LogP contribution in [0.25, 0.3) is 0 Å². The van der Waals surface area contributed by atoms with Gasteiger partial charge in [-0.2, -0.15) is 0 Å². The highest BCUT2D eigenvalue weighted by molar-refractivity contribution is 5.79. The number of rotatable bonds is 5. The van der Waals surface area contributed by atoms with E-state index in [0.717, 1.165) is 11.8 Å². The second-order valence-corrected chi connectivity index (χ2v) is 6.60. The topological polar surface area (TPSA) is 47.6 Å². The Morgan fingerprint density at radius 2 is 1.58 bits per heavy atom. The number of carbonyl (C=O) groups excluding carboxylic acids is 1. The van der Waals surface area contributed by atoms with Crippen molar-refractivity contribution >= 4 is 5.91 Å². The molecule has 4 rings (SSSR count). The quantitative estimate of drug-likeness (QED) is 0.773. The summed E-state index contributed by atoms with van der Waals surface area (Å²) in [4.78, 5) is 12.4. The van der Waals surface area contributed by atoms with Crippen molar-refractivity contribution in [2.24, 2.45) is 29.6 Å². The van der Waals surface area contributed by atoms with Crippen molar-refractivity contribution in [2.45, 2.75) is 38.4 Å². The van der Waals surface area contributed by atoms with Gasteiger partial charge >= 0.3 is 0 Å². The summed E-state index contributed by atoms with van der Waals surface area (Å²) in [5.74, 6) is 3.59. The van der Waals surface area contributed by atoms with E-state index in [1.165, 1.54) is 32.1 Å². The fraction of sp³-hybridized carbons (Fsp3) is 0.933. The van der Waals surface area contributed by atoms with E-state index in [-0.39, 0.29) is 18.1 Å². The van der Waals surface area contributed by atoms with Gasteiger partial charge < -0.3 is 14.8 Å². The first kappa shape index (κ1) is 13.4. The maximum Gasteiger partial charge on any atom is 0.223 e. The van der Waals surface area contributed by atoms with Crippen LogP contribution in [0.1, 0.15) is 32.1 Å². The molecule has 0 unspecified atom stereocenters. The van der Waals surface area contributed by atoms with E-state index in [2.05, 4.69) is 5.32 Å². The molecule has 4 fully saturated rings. The molecule has 108 valence electrons. The third-order valence-electron chi connectivity index (χ3n) is 5.50. The molecule has 0 radical (unpaired) electrons. The van der Waals surface area contributed by atoms with Gasteiger partial charge in [0.1, 0.15) is 0 Å². The van der Waals surface area contributed by atoms with Gasteiger partial charge in [0.05, 0.1) is 6.54 Å². The van der Waals surface area contributed by atoms with Gasteiger partial charge in [-0.15, -0.1) is 0 Å². The normalized spacial score (nSPS) is 39.8. The van der Waals surface area contributed by atoms with Gasteiger partial charge in [0.25, 0.3) is 0 Å². The minimum absolute atomic E-state index is 0.230. The zero-order valence-corrected chi connectivity index (χ0v) is 11.9. The molecule has 0 spiro atoms. The first-order valence-electron chi connectivity index (χ1n) is 7.54. The van der Waals surface area contributed by atoms with Crippen LogP contribution in [0, 0.1) is 29.6 Å². The van der Waals surface area contributed by atoms with Crippen LogP contribution >= 0.6 is 0 Å². The second kappa shape index (κ2) is 5.41. The average Bonchev–Trinajstić information content (AvgIpc) is 2.38. The van der Waals surface area contributed by atoms with Gasteiger partial charge in [-0.1, -0.05) is 0 Å². The predicted molar refractivity (Wildman–Crippen MR) is 71.4 cm³/mol. The highest BCUT2D eigenvalue weighted by Gasteiger charge is 2.50. The van der Waals surface area contributed by atoms with Crippen LogP contribution in [0.15, 0.2) is 0 Å². The molecule has 0 aromatic rings. The Balaban J connectivity index is 1.58. The largest absolute Gasteiger partial charge is 0.354 e. The average molecular weight is 267 g/mol. The number of ether oxygens (including phenoxy) is 2. The molecule has 4 aliphatic carbocycles. The fourth-order valence-electron chi connectivity index (χ4n) is 4.92. The minimum Gasteiger partial charge on any atom is -0.354 e. The number of carbonyl (C=O) groups is 1. The SMILES string of the molecule is COC(CNC(=O)C1C2CC3CC(C2)CC1C3)OC. The third kappa shape index (κ3) is 2.52. The van der Waals surface area contributed by atoms with E-state index < -0.39 is 0 Å². The third-order valence-corrected chi connectivity index (χ3v) is 5.50. The van der Waals surface area contributed by atoms with Gasteiger partial charge in [-0.25, -0.2) is 0 Å². The number of nitrogens with one attached hydrogen (secondary N) is 1. The molecular weight excluding hydrogens is 242 g/mol. The lowest BCUT2D eigenvalue weighted by Crippen LogP contribution is -2.51. The smallest absolute Gasteiger partial charge is 0.223 e. The highest BCUT2D eigenvalue weighted by atomic mass is 16.7. The van der Waals surface area contributed by atoms with Gasteiger partial charge in [-0.3, -0.25) is 4.79 Å². The van der Waals surface area contributed by atoms with E-state index in [0.29, 0.717) is 18.4 Å². The van der Waals surface area contributed by atoms with Crippen molar-refractivity contribution < 1.29 is 14.3 Å². The van der Waals surface area contributed by atoms with Gasteiger partial charge in [0.15, 0.2) is 6.29 Å². The fourth-order valence-corrected chi connectivity index (χ4v) is 4.92. The number of hydrogen-bond donors (Lipinski definition) is 1. The summed E-state index contributed by atoms with van der Waals surface area (Å²) in [6, 6.07) is 0. The zero-order valence-electron chi connectivity index (χ0n) is 11.9. The van der Waals surface area contributed by atoms with Crippen molar-refractivity contribution in [3.63, 3.8) is 0 Å². The maximum absolute atomic E-state index is 12.4. The Morgan fingerprint density at radius 1 is 1.05 bits per heavy atom.